The van der Waals surface area contributed by atoms with Gasteiger partial charge in [0.15, 0.2) is 11.3 Å². The van der Waals surface area contributed by atoms with Gasteiger partial charge >= 0.3 is 5.76 Å². The highest BCUT2D eigenvalue weighted by atomic mass is 35.5. The van der Waals surface area contributed by atoms with E-state index < -0.39 is 5.76 Å². The molecule has 0 unspecified atom stereocenters. The molecule has 0 spiro atoms. The third-order valence-corrected chi connectivity index (χ3v) is 5.13. The van der Waals surface area contributed by atoms with E-state index >= 15 is 0 Å². The van der Waals surface area contributed by atoms with Crippen LogP contribution in [0.2, 0.25) is 5.02 Å². The number of aryl methyl sites for hydroxylation is 2. The molecule has 4 aromatic rings. The molecule has 0 bridgehead atoms. The monoisotopic (exact) mass is 453 g/mol. The maximum Gasteiger partial charge on any atom is 0.419 e. The van der Waals surface area contributed by atoms with Crippen molar-refractivity contribution in [1.82, 2.24) is 9.72 Å². The molecule has 0 aliphatic carbocycles. The number of hydrogen-bond donors (Lipinski definition) is 1. The highest BCUT2D eigenvalue weighted by Crippen LogP contribution is 2.23. The number of fused-ring (bicyclic) bond motifs is 1. The van der Waals surface area contributed by atoms with Gasteiger partial charge in [0.2, 0.25) is 5.91 Å². The molecular formula is C23H20ClN3O5. The van der Waals surface area contributed by atoms with Gasteiger partial charge in [0.25, 0.3) is 0 Å². The molecule has 0 aliphatic rings. The van der Waals surface area contributed by atoms with Gasteiger partial charge in [-0.15, -0.1) is 0 Å². The summed E-state index contributed by atoms with van der Waals surface area (Å²) in [5, 5.41) is 7.29. The first kappa shape index (κ1) is 21.5. The quantitative estimate of drug-likeness (QED) is 0.433. The van der Waals surface area contributed by atoms with Gasteiger partial charge in [-0.25, -0.2) is 4.79 Å². The van der Waals surface area contributed by atoms with Crippen LogP contribution in [-0.2, 0) is 11.3 Å². The van der Waals surface area contributed by atoms with Crippen molar-refractivity contribution in [2.45, 2.75) is 19.9 Å². The second-order valence-electron chi connectivity index (χ2n) is 7.04. The Morgan fingerprint density at radius 2 is 2.00 bits per heavy atom. The fourth-order valence-electron chi connectivity index (χ4n) is 3.21. The molecular weight excluding hydrogens is 434 g/mol. The predicted octanol–water partition coefficient (Wildman–Crippen LogP) is 4.75. The maximum atomic E-state index is 12.6. The highest BCUT2D eigenvalue weighted by molar-refractivity contribution is 6.31. The van der Waals surface area contributed by atoms with Crippen molar-refractivity contribution in [2.75, 3.05) is 12.4 Å². The Bertz CT molecular complexity index is 1350. The summed E-state index contributed by atoms with van der Waals surface area (Å²) in [7, 11) is 1.61. The third-order valence-electron chi connectivity index (χ3n) is 4.90. The van der Waals surface area contributed by atoms with Gasteiger partial charge in [-0.2, -0.15) is 0 Å². The standard InChI is InChI=1S/C23H20ClN3O5/c1-14-22(18(26-32-14)9-5-15-3-7-17(30-2)8-4-15)25-21(28)11-12-27-19-10-6-16(24)13-20(19)31-23(27)29/h3-10,13H,11-12H2,1-2H3,(H,25,28). The van der Waals surface area contributed by atoms with Crippen LogP contribution < -0.4 is 15.8 Å². The lowest BCUT2D eigenvalue weighted by molar-refractivity contribution is -0.116. The number of methoxy groups -OCH3 is 1. The number of nitrogens with one attached hydrogen (secondary N) is 1. The van der Waals surface area contributed by atoms with Crippen molar-refractivity contribution >= 4 is 46.4 Å². The van der Waals surface area contributed by atoms with E-state index in [1.807, 2.05) is 30.3 Å². The van der Waals surface area contributed by atoms with Gasteiger partial charge in [-0.1, -0.05) is 35.0 Å². The van der Waals surface area contributed by atoms with Gasteiger partial charge in [0.1, 0.15) is 17.1 Å². The Labute approximate surface area is 188 Å². The number of carbonyl (C=O) groups excluding carboxylic acids is 1. The number of anilines is 1. The Balaban J connectivity index is 1.45. The summed E-state index contributed by atoms with van der Waals surface area (Å²) in [5.41, 5.74) is 2.87. The number of halogens is 1. The smallest absolute Gasteiger partial charge is 0.419 e. The molecule has 0 fully saturated rings. The van der Waals surface area contributed by atoms with E-state index in [2.05, 4.69) is 10.5 Å². The average Bonchev–Trinajstić information content (AvgIpc) is 3.29. The van der Waals surface area contributed by atoms with E-state index in [-0.39, 0.29) is 18.9 Å². The molecule has 9 heteroatoms. The summed E-state index contributed by atoms with van der Waals surface area (Å²) in [5.74, 6) is 0.415. The molecule has 1 N–H and O–H groups in total. The second kappa shape index (κ2) is 9.15. The Morgan fingerprint density at radius 3 is 2.75 bits per heavy atom. The summed E-state index contributed by atoms with van der Waals surface area (Å²) >= 11 is 5.93. The molecule has 2 aromatic carbocycles. The minimum absolute atomic E-state index is 0.0589. The molecule has 2 heterocycles. The van der Waals surface area contributed by atoms with Gasteiger partial charge in [0, 0.05) is 24.1 Å². The van der Waals surface area contributed by atoms with E-state index in [1.54, 1.807) is 38.3 Å². The number of nitrogens with zero attached hydrogens (tertiary/aromatic N) is 2. The van der Waals surface area contributed by atoms with Crippen molar-refractivity contribution in [3.8, 4) is 5.75 Å². The van der Waals surface area contributed by atoms with Crippen LogP contribution in [0.1, 0.15) is 23.4 Å². The summed E-state index contributed by atoms with van der Waals surface area (Å²) in [6.07, 6.45) is 3.67. The molecule has 0 aliphatic heterocycles. The van der Waals surface area contributed by atoms with Crippen LogP contribution in [0.25, 0.3) is 23.3 Å². The lowest BCUT2D eigenvalue weighted by Crippen LogP contribution is -2.20. The fourth-order valence-corrected chi connectivity index (χ4v) is 3.37. The van der Waals surface area contributed by atoms with E-state index in [4.69, 9.17) is 25.3 Å². The van der Waals surface area contributed by atoms with Crippen LogP contribution >= 0.6 is 11.6 Å². The van der Waals surface area contributed by atoms with Crippen molar-refractivity contribution in [3.63, 3.8) is 0 Å². The van der Waals surface area contributed by atoms with Crippen LogP contribution in [-0.4, -0.2) is 22.7 Å². The van der Waals surface area contributed by atoms with E-state index in [1.165, 1.54) is 4.57 Å². The molecule has 0 radical (unpaired) electrons. The van der Waals surface area contributed by atoms with E-state index in [0.29, 0.717) is 33.3 Å². The third kappa shape index (κ3) is 4.60. The van der Waals surface area contributed by atoms with Crippen molar-refractivity contribution in [2.24, 2.45) is 0 Å². The molecule has 2 aromatic heterocycles. The molecule has 32 heavy (non-hydrogen) atoms. The first-order valence-corrected chi connectivity index (χ1v) is 10.2. The zero-order valence-corrected chi connectivity index (χ0v) is 18.2. The minimum atomic E-state index is -0.542. The molecule has 164 valence electrons. The van der Waals surface area contributed by atoms with Gasteiger partial charge in [0.05, 0.1) is 12.6 Å². The van der Waals surface area contributed by atoms with Crippen molar-refractivity contribution in [3.05, 3.63) is 75.1 Å². The lowest BCUT2D eigenvalue weighted by Gasteiger charge is -2.05. The number of oxazole rings is 1. The number of aromatic nitrogens is 2. The minimum Gasteiger partial charge on any atom is -0.497 e. The largest absolute Gasteiger partial charge is 0.497 e. The highest BCUT2D eigenvalue weighted by Gasteiger charge is 2.15. The normalized spacial score (nSPS) is 11.3. The number of benzene rings is 2. The van der Waals surface area contributed by atoms with Crippen molar-refractivity contribution < 1.29 is 18.5 Å². The van der Waals surface area contributed by atoms with E-state index in [0.717, 1.165) is 11.3 Å². The summed E-state index contributed by atoms with van der Waals surface area (Å²) < 4.78 is 17.0. The number of rotatable bonds is 7. The van der Waals surface area contributed by atoms with Crippen LogP contribution in [0.15, 0.2) is 56.2 Å². The van der Waals surface area contributed by atoms with Gasteiger partial charge in [-0.3, -0.25) is 9.36 Å². The van der Waals surface area contributed by atoms with Gasteiger partial charge < -0.3 is 19.0 Å². The number of hydrogen-bond acceptors (Lipinski definition) is 6. The predicted molar refractivity (Wildman–Crippen MR) is 122 cm³/mol. The lowest BCUT2D eigenvalue weighted by atomic mass is 10.2. The number of ether oxygens (including phenoxy) is 1. The summed E-state index contributed by atoms with van der Waals surface area (Å²) in [4.78, 5) is 24.7. The van der Waals surface area contributed by atoms with Crippen LogP contribution in [0.5, 0.6) is 5.75 Å². The summed E-state index contributed by atoms with van der Waals surface area (Å²) in [6, 6.07) is 12.4. The van der Waals surface area contributed by atoms with Gasteiger partial charge in [-0.05, 0) is 42.8 Å². The Morgan fingerprint density at radius 1 is 1.22 bits per heavy atom. The second-order valence-corrected chi connectivity index (χ2v) is 7.47. The van der Waals surface area contributed by atoms with Crippen LogP contribution in [0.4, 0.5) is 5.69 Å². The summed E-state index contributed by atoms with van der Waals surface area (Å²) in [6.45, 7) is 1.87. The zero-order chi connectivity index (χ0) is 22.7. The Kier molecular flexibility index (Phi) is 6.13. The van der Waals surface area contributed by atoms with E-state index in [9.17, 15) is 9.59 Å². The zero-order valence-electron chi connectivity index (χ0n) is 17.4. The van der Waals surface area contributed by atoms with Crippen LogP contribution in [0, 0.1) is 6.92 Å². The molecule has 0 atom stereocenters. The molecule has 8 nitrogen and oxygen atoms in total. The SMILES string of the molecule is COc1ccc(C=Cc2noc(C)c2NC(=O)CCn2c(=O)oc3cc(Cl)ccc32)cc1. The van der Waals surface area contributed by atoms with Crippen molar-refractivity contribution in [1.29, 1.82) is 0 Å². The maximum absolute atomic E-state index is 12.6. The average molecular weight is 454 g/mol. The Hall–Kier alpha value is -3.78. The molecule has 0 saturated heterocycles. The number of carbonyl (C=O) groups is 1. The topological polar surface area (TPSA) is 99.5 Å². The number of amides is 1. The fraction of sp³-hybridized carbons (Fsp3) is 0.174. The van der Waals surface area contributed by atoms with Crippen LogP contribution in [0.3, 0.4) is 0 Å². The molecule has 1 amide bonds. The molecule has 4 rings (SSSR count). The first-order chi connectivity index (χ1) is 15.4. The first-order valence-electron chi connectivity index (χ1n) is 9.82. The molecule has 0 saturated carbocycles.